The molecule has 10 heteroatoms. The number of nitrogens with zero attached hydrogens (tertiary/aromatic N) is 1. The Balaban J connectivity index is 1.73. The molecule has 2 N–H and O–H groups in total. The highest BCUT2D eigenvalue weighted by Gasteiger charge is 2.22. The summed E-state index contributed by atoms with van der Waals surface area (Å²) < 4.78 is 12.7. The first kappa shape index (κ1) is 30.2. The van der Waals surface area contributed by atoms with Crippen molar-refractivity contribution in [1.82, 2.24) is 5.43 Å². The highest BCUT2D eigenvalue weighted by Crippen LogP contribution is 2.35. The van der Waals surface area contributed by atoms with Gasteiger partial charge >= 0.3 is 0 Å². The van der Waals surface area contributed by atoms with E-state index in [9.17, 15) is 9.59 Å². The molecule has 0 aliphatic heterocycles. The van der Waals surface area contributed by atoms with Crippen LogP contribution in [0, 0.1) is 5.92 Å². The van der Waals surface area contributed by atoms with Crippen molar-refractivity contribution in [3.63, 3.8) is 0 Å². The largest absolute Gasteiger partial charge is 0.490 e. The molecule has 3 rings (SSSR count). The topological polar surface area (TPSA) is 89.0 Å². The van der Waals surface area contributed by atoms with E-state index in [1.54, 1.807) is 42.5 Å². The van der Waals surface area contributed by atoms with E-state index in [2.05, 4.69) is 38.4 Å². The van der Waals surface area contributed by atoms with Gasteiger partial charge in [-0.25, -0.2) is 5.43 Å². The molecule has 1 atom stereocenters. The van der Waals surface area contributed by atoms with E-state index >= 15 is 0 Å². The first-order chi connectivity index (χ1) is 18.7. The van der Waals surface area contributed by atoms with Crippen molar-refractivity contribution in [2.75, 3.05) is 11.9 Å². The summed E-state index contributed by atoms with van der Waals surface area (Å²) in [6.45, 7) is 7.83. The van der Waals surface area contributed by atoms with Crippen LogP contribution >= 0.6 is 39.1 Å². The molecule has 3 aromatic rings. The van der Waals surface area contributed by atoms with Gasteiger partial charge in [0.15, 0.2) is 11.5 Å². The van der Waals surface area contributed by atoms with Gasteiger partial charge in [-0.05, 0) is 78.2 Å². The fourth-order valence-electron chi connectivity index (χ4n) is 3.47. The number of hydrazone groups is 1. The van der Waals surface area contributed by atoms with Gasteiger partial charge in [0.1, 0.15) is 12.5 Å². The van der Waals surface area contributed by atoms with Crippen molar-refractivity contribution in [2.24, 2.45) is 11.0 Å². The Hall–Kier alpha value is -3.33. The summed E-state index contributed by atoms with van der Waals surface area (Å²) in [4.78, 5) is 25.0. The number of ether oxygens (including phenoxy) is 2. The Morgan fingerprint density at radius 3 is 2.54 bits per heavy atom. The summed E-state index contributed by atoms with van der Waals surface area (Å²) in [5.41, 5.74) is 5.26. The van der Waals surface area contributed by atoms with Crippen molar-refractivity contribution in [3.8, 4) is 11.5 Å². The Labute approximate surface area is 246 Å². The van der Waals surface area contributed by atoms with Crippen molar-refractivity contribution >= 4 is 62.8 Å². The van der Waals surface area contributed by atoms with E-state index < -0.39 is 17.7 Å². The molecule has 0 aliphatic rings. The first-order valence-corrected chi connectivity index (χ1v) is 13.6. The van der Waals surface area contributed by atoms with E-state index in [0.29, 0.717) is 50.3 Å². The number of carbonyl (C=O) groups is 2. The number of rotatable bonds is 12. The number of para-hydroxylation sites is 1. The van der Waals surface area contributed by atoms with E-state index in [1.807, 2.05) is 25.1 Å². The van der Waals surface area contributed by atoms with E-state index in [4.69, 9.17) is 32.7 Å². The molecule has 0 aromatic heterocycles. The monoisotopic (exact) mass is 631 g/mol. The molecule has 0 saturated carbocycles. The van der Waals surface area contributed by atoms with Crippen molar-refractivity contribution in [3.05, 3.63) is 98.5 Å². The molecule has 3 aromatic carbocycles. The lowest BCUT2D eigenvalue weighted by molar-refractivity contribution is -0.131. The first-order valence-electron chi connectivity index (χ1n) is 12.1. The lowest BCUT2D eigenvalue weighted by Crippen LogP contribution is -2.34. The average Bonchev–Trinajstić information content (AvgIpc) is 2.90. The maximum atomic E-state index is 12.5. The van der Waals surface area contributed by atoms with Crippen molar-refractivity contribution in [1.29, 1.82) is 0 Å². The third-order valence-electron chi connectivity index (χ3n) is 5.51. The predicted molar refractivity (Wildman–Crippen MR) is 160 cm³/mol. The Kier molecular flexibility index (Phi) is 11.4. The number of nitrogens with one attached hydrogen (secondary N) is 2. The summed E-state index contributed by atoms with van der Waals surface area (Å²) in [5, 5.41) is 7.82. The molecule has 0 bridgehead atoms. The van der Waals surface area contributed by atoms with Gasteiger partial charge in [-0.1, -0.05) is 47.5 Å². The van der Waals surface area contributed by atoms with Crippen molar-refractivity contribution in [2.45, 2.75) is 26.9 Å². The van der Waals surface area contributed by atoms with Gasteiger partial charge in [0.05, 0.1) is 18.5 Å². The Bertz CT molecular complexity index is 1380. The number of carbonyl (C=O) groups excluding carboxylic acids is 2. The van der Waals surface area contributed by atoms with Crippen LogP contribution in [0.2, 0.25) is 10.0 Å². The van der Waals surface area contributed by atoms with Crippen LogP contribution < -0.4 is 20.2 Å². The van der Waals surface area contributed by atoms with Gasteiger partial charge in [-0.3, -0.25) is 9.59 Å². The summed E-state index contributed by atoms with van der Waals surface area (Å²) in [6, 6.07) is 16.0. The summed E-state index contributed by atoms with van der Waals surface area (Å²) in [6.07, 6.45) is 3.73. The van der Waals surface area contributed by atoms with E-state index in [1.165, 1.54) is 13.1 Å². The maximum absolute atomic E-state index is 12.5. The van der Waals surface area contributed by atoms with Crippen LogP contribution in [0.5, 0.6) is 11.5 Å². The maximum Gasteiger partial charge on any atom is 0.252 e. The standard InChI is InChI=1S/C29H28BrCl2N3O4/c1-4-8-20-13-19(14-26(38-5-2)27(20)39-17-21-11-12-22(31)15-24(21)32)16-33-35-29(37)18(3)28(36)34-25-10-7-6-9-23(25)30/h4,6-7,9-16,18H,1,5,8,17H2,2-3H3,(H,34,36)(H,35,37). The molecule has 0 radical (unpaired) electrons. The number of benzene rings is 3. The summed E-state index contributed by atoms with van der Waals surface area (Å²) >= 11 is 15.7. The van der Waals surface area contributed by atoms with Crippen LogP contribution in [0.4, 0.5) is 5.69 Å². The van der Waals surface area contributed by atoms with Crippen molar-refractivity contribution < 1.29 is 19.1 Å². The molecular formula is C29H28BrCl2N3O4. The molecule has 39 heavy (non-hydrogen) atoms. The van der Waals surface area contributed by atoms with Crippen LogP contribution in [-0.4, -0.2) is 24.6 Å². The minimum Gasteiger partial charge on any atom is -0.490 e. The lowest BCUT2D eigenvalue weighted by atomic mass is 10.1. The summed E-state index contributed by atoms with van der Waals surface area (Å²) in [7, 11) is 0. The van der Waals surface area contributed by atoms with Crippen LogP contribution in [-0.2, 0) is 22.6 Å². The highest BCUT2D eigenvalue weighted by molar-refractivity contribution is 9.10. The zero-order valence-corrected chi connectivity index (χ0v) is 24.6. The number of hydrogen-bond acceptors (Lipinski definition) is 5. The number of halogens is 3. The number of amides is 2. The zero-order valence-electron chi connectivity index (χ0n) is 21.5. The molecular weight excluding hydrogens is 605 g/mol. The van der Waals surface area contributed by atoms with Gasteiger partial charge in [0, 0.05) is 25.6 Å². The molecule has 204 valence electrons. The van der Waals surface area contributed by atoms with Crippen LogP contribution in [0.1, 0.15) is 30.5 Å². The van der Waals surface area contributed by atoms with Gasteiger partial charge in [-0.2, -0.15) is 5.10 Å². The van der Waals surface area contributed by atoms with Gasteiger partial charge in [0.2, 0.25) is 5.91 Å². The predicted octanol–water partition coefficient (Wildman–Crippen LogP) is 7.19. The smallest absolute Gasteiger partial charge is 0.252 e. The van der Waals surface area contributed by atoms with Gasteiger partial charge in [0.25, 0.3) is 5.91 Å². The van der Waals surface area contributed by atoms with Crippen LogP contribution in [0.15, 0.2) is 76.8 Å². The molecule has 0 spiro atoms. The average molecular weight is 633 g/mol. The van der Waals surface area contributed by atoms with E-state index in [-0.39, 0.29) is 6.61 Å². The molecule has 7 nitrogen and oxygen atoms in total. The Morgan fingerprint density at radius 2 is 1.85 bits per heavy atom. The number of hydrogen-bond donors (Lipinski definition) is 2. The summed E-state index contributed by atoms with van der Waals surface area (Å²) in [5.74, 6) is -0.909. The van der Waals surface area contributed by atoms with Crippen LogP contribution in [0.3, 0.4) is 0 Å². The Morgan fingerprint density at radius 1 is 1.08 bits per heavy atom. The molecule has 0 fully saturated rings. The van der Waals surface area contributed by atoms with E-state index in [0.717, 1.165) is 11.1 Å². The SMILES string of the molecule is C=CCc1cc(C=NNC(=O)C(C)C(=O)Nc2ccccc2Br)cc(OCC)c1OCc1ccc(Cl)cc1Cl. The second-order valence-electron chi connectivity index (χ2n) is 8.38. The molecule has 0 aliphatic carbocycles. The fraction of sp³-hybridized carbons (Fsp3) is 0.207. The molecule has 0 heterocycles. The highest BCUT2D eigenvalue weighted by atomic mass is 79.9. The van der Waals surface area contributed by atoms with Gasteiger partial charge in [-0.15, -0.1) is 6.58 Å². The third kappa shape index (κ3) is 8.58. The number of anilines is 1. The number of allylic oxidation sites excluding steroid dienone is 1. The second kappa shape index (κ2) is 14.7. The minimum atomic E-state index is -0.972. The molecule has 0 saturated heterocycles. The normalized spacial score (nSPS) is 11.6. The van der Waals surface area contributed by atoms with Gasteiger partial charge < -0.3 is 14.8 Å². The van der Waals surface area contributed by atoms with Crippen LogP contribution in [0.25, 0.3) is 0 Å². The quantitative estimate of drug-likeness (QED) is 0.0957. The molecule has 1 unspecified atom stereocenters. The lowest BCUT2D eigenvalue weighted by Gasteiger charge is -2.17. The minimum absolute atomic E-state index is 0.212. The zero-order chi connectivity index (χ0) is 28.4. The molecule has 2 amide bonds. The fourth-order valence-corrected chi connectivity index (χ4v) is 4.32. The third-order valence-corrected chi connectivity index (χ3v) is 6.79. The second-order valence-corrected chi connectivity index (χ2v) is 10.1.